The predicted molar refractivity (Wildman–Crippen MR) is 79.3 cm³/mol. The van der Waals surface area contributed by atoms with Crippen LogP contribution in [0.1, 0.15) is 5.69 Å². The van der Waals surface area contributed by atoms with Crippen molar-refractivity contribution < 1.29 is 22.9 Å². The molecule has 3 aromatic rings. The van der Waals surface area contributed by atoms with Crippen LogP contribution in [0.3, 0.4) is 0 Å². The SMILES string of the molecule is O=[N+]([O-])c1ccc(F)cc1OCc1coc(-c2ccc(F)cc2)n1. The van der Waals surface area contributed by atoms with Crippen LogP contribution >= 0.6 is 0 Å². The van der Waals surface area contributed by atoms with E-state index in [1.54, 1.807) is 0 Å². The van der Waals surface area contributed by atoms with Crippen molar-refractivity contribution in [2.24, 2.45) is 0 Å². The first-order valence-corrected chi connectivity index (χ1v) is 6.80. The lowest BCUT2D eigenvalue weighted by Gasteiger charge is -2.04. The maximum absolute atomic E-state index is 13.2. The summed E-state index contributed by atoms with van der Waals surface area (Å²) in [5.74, 6) is -0.983. The van der Waals surface area contributed by atoms with Gasteiger partial charge in [-0.1, -0.05) is 0 Å². The third kappa shape index (κ3) is 3.37. The summed E-state index contributed by atoms with van der Waals surface area (Å²) in [5.41, 5.74) is 0.575. The molecule has 0 aliphatic carbocycles. The number of rotatable bonds is 5. The maximum Gasteiger partial charge on any atom is 0.311 e. The van der Waals surface area contributed by atoms with Gasteiger partial charge in [0, 0.05) is 17.7 Å². The van der Waals surface area contributed by atoms with E-state index in [1.807, 2.05) is 0 Å². The van der Waals surface area contributed by atoms with Gasteiger partial charge in [0.15, 0.2) is 5.75 Å². The topological polar surface area (TPSA) is 78.4 Å². The fourth-order valence-electron chi connectivity index (χ4n) is 2.00. The van der Waals surface area contributed by atoms with Gasteiger partial charge in [-0.05, 0) is 30.3 Å². The number of nitro groups is 1. The molecular formula is C16H10F2N2O4. The van der Waals surface area contributed by atoms with Gasteiger partial charge in [0.25, 0.3) is 0 Å². The van der Waals surface area contributed by atoms with Gasteiger partial charge in [-0.3, -0.25) is 10.1 Å². The van der Waals surface area contributed by atoms with Crippen LogP contribution in [0.25, 0.3) is 11.5 Å². The zero-order valence-electron chi connectivity index (χ0n) is 12.1. The molecule has 1 aromatic heterocycles. The van der Waals surface area contributed by atoms with Gasteiger partial charge >= 0.3 is 5.69 Å². The number of nitrogens with zero attached hydrogens (tertiary/aromatic N) is 2. The molecule has 2 aromatic carbocycles. The van der Waals surface area contributed by atoms with Crippen molar-refractivity contribution in [1.82, 2.24) is 4.98 Å². The highest BCUT2D eigenvalue weighted by Crippen LogP contribution is 2.28. The van der Waals surface area contributed by atoms with Crippen molar-refractivity contribution >= 4 is 5.69 Å². The molecule has 0 unspecified atom stereocenters. The Morgan fingerprint density at radius 1 is 1.12 bits per heavy atom. The van der Waals surface area contributed by atoms with Crippen LogP contribution in [0.4, 0.5) is 14.5 Å². The van der Waals surface area contributed by atoms with Crippen LogP contribution in [-0.2, 0) is 6.61 Å². The number of aromatic nitrogens is 1. The van der Waals surface area contributed by atoms with E-state index in [0.29, 0.717) is 11.3 Å². The number of nitro benzene ring substituents is 1. The lowest BCUT2D eigenvalue weighted by atomic mass is 10.2. The summed E-state index contributed by atoms with van der Waals surface area (Å²) in [7, 11) is 0. The Kier molecular flexibility index (Phi) is 4.19. The number of oxazole rings is 1. The monoisotopic (exact) mass is 332 g/mol. The Hall–Kier alpha value is -3.29. The van der Waals surface area contributed by atoms with E-state index < -0.39 is 10.7 Å². The van der Waals surface area contributed by atoms with E-state index >= 15 is 0 Å². The van der Waals surface area contributed by atoms with E-state index in [2.05, 4.69) is 4.98 Å². The summed E-state index contributed by atoms with van der Waals surface area (Å²) in [5, 5.41) is 10.9. The minimum atomic E-state index is -0.665. The molecule has 8 heteroatoms. The van der Waals surface area contributed by atoms with Crippen LogP contribution in [0.15, 0.2) is 53.1 Å². The molecule has 0 fully saturated rings. The summed E-state index contributed by atoms with van der Waals surface area (Å²) < 4.78 is 36.7. The molecule has 0 spiro atoms. The van der Waals surface area contributed by atoms with Gasteiger partial charge in [-0.15, -0.1) is 0 Å². The normalized spacial score (nSPS) is 10.6. The summed E-state index contributed by atoms with van der Waals surface area (Å²) in [6.45, 7) is -0.144. The minimum Gasteiger partial charge on any atom is -0.480 e. The number of hydrogen-bond acceptors (Lipinski definition) is 5. The van der Waals surface area contributed by atoms with Gasteiger partial charge < -0.3 is 9.15 Å². The Bertz CT molecular complexity index is 878. The van der Waals surface area contributed by atoms with Crippen molar-refractivity contribution in [3.8, 4) is 17.2 Å². The quantitative estimate of drug-likeness (QED) is 0.519. The average Bonchev–Trinajstić information content (AvgIpc) is 3.02. The molecule has 1 heterocycles. The van der Waals surface area contributed by atoms with E-state index in [-0.39, 0.29) is 29.8 Å². The molecule has 0 saturated carbocycles. The molecule has 0 atom stereocenters. The standard InChI is InChI=1S/C16H10F2N2O4/c17-11-3-1-10(2-4-11)16-19-13(9-24-16)8-23-15-7-12(18)5-6-14(15)20(21)22/h1-7,9H,8H2. The van der Waals surface area contributed by atoms with E-state index in [4.69, 9.17) is 9.15 Å². The Balaban J connectivity index is 1.75. The van der Waals surface area contributed by atoms with E-state index in [9.17, 15) is 18.9 Å². The van der Waals surface area contributed by atoms with Gasteiger partial charge in [-0.2, -0.15) is 0 Å². The molecule has 24 heavy (non-hydrogen) atoms. The molecule has 0 aliphatic rings. The molecule has 0 bridgehead atoms. The molecule has 0 aliphatic heterocycles. The first-order chi connectivity index (χ1) is 11.5. The molecule has 122 valence electrons. The van der Waals surface area contributed by atoms with Gasteiger partial charge in [0.05, 0.1) is 4.92 Å². The van der Waals surface area contributed by atoms with Crippen LogP contribution in [0.2, 0.25) is 0 Å². The third-order valence-corrected chi connectivity index (χ3v) is 3.14. The second-order valence-electron chi connectivity index (χ2n) is 4.81. The molecule has 3 rings (SSSR count). The highest BCUT2D eigenvalue weighted by Gasteiger charge is 2.17. The molecule has 0 N–H and O–H groups in total. The number of benzene rings is 2. The smallest absolute Gasteiger partial charge is 0.311 e. The number of hydrogen-bond donors (Lipinski definition) is 0. The molecule has 6 nitrogen and oxygen atoms in total. The Labute approximate surface area is 134 Å². The highest BCUT2D eigenvalue weighted by atomic mass is 19.1. The van der Waals surface area contributed by atoms with E-state index in [0.717, 1.165) is 18.2 Å². The van der Waals surface area contributed by atoms with Gasteiger partial charge in [0.2, 0.25) is 5.89 Å². The first-order valence-electron chi connectivity index (χ1n) is 6.80. The highest BCUT2D eigenvalue weighted by molar-refractivity contribution is 5.52. The van der Waals surface area contributed by atoms with Crippen LogP contribution < -0.4 is 4.74 Å². The zero-order chi connectivity index (χ0) is 17.1. The molecule has 0 amide bonds. The zero-order valence-corrected chi connectivity index (χ0v) is 12.1. The van der Waals surface area contributed by atoms with Gasteiger partial charge in [-0.25, -0.2) is 13.8 Å². The summed E-state index contributed by atoms with van der Waals surface area (Å²) in [6.07, 6.45) is 1.31. The molecule has 0 saturated heterocycles. The Morgan fingerprint density at radius 3 is 2.54 bits per heavy atom. The fraction of sp³-hybridized carbons (Fsp3) is 0.0625. The second-order valence-corrected chi connectivity index (χ2v) is 4.81. The lowest BCUT2D eigenvalue weighted by Crippen LogP contribution is -2.00. The maximum atomic E-state index is 13.2. The van der Waals surface area contributed by atoms with Crippen molar-refractivity contribution in [3.63, 3.8) is 0 Å². The fourth-order valence-corrected chi connectivity index (χ4v) is 2.00. The van der Waals surface area contributed by atoms with Gasteiger partial charge in [0.1, 0.15) is 30.2 Å². The summed E-state index contributed by atoms with van der Waals surface area (Å²) in [6, 6.07) is 8.48. The van der Waals surface area contributed by atoms with Crippen LogP contribution in [-0.4, -0.2) is 9.91 Å². The average molecular weight is 332 g/mol. The summed E-state index contributed by atoms with van der Waals surface area (Å²) >= 11 is 0. The Morgan fingerprint density at radius 2 is 1.83 bits per heavy atom. The largest absolute Gasteiger partial charge is 0.480 e. The van der Waals surface area contributed by atoms with Crippen LogP contribution in [0.5, 0.6) is 5.75 Å². The van der Waals surface area contributed by atoms with Crippen molar-refractivity contribution in [2.45, 2.75) is 6.61 Å². The molecular weight excluding hydrogens is 322 g/mol. The predicted octanol–water partition coefficient (Wildman–Crippen LogP) is 4.11. The first kappa shape index (κ1) is 15.6. The van der Waals surface area contributed by atoms with E-state index in [1.165, 1.54) is 30.5 Å². The van der Waals surface area contributed by atoms with Crippen LogP contribution in [0, 0.1) is 21.7 Å². The van der Waals surface area contributed by atoms with Crippen molar-refractivity contribution in [1.29, 1.82) is 0 Å². The summed E-state index contributed by atoms with van der Waals surface area (Å²) in [4.78, 5) is 14.4. The third-order valence-electron chi connectivity index (χ3n) is 3.14. The minimum absolute atomic E-state index is 0.144. The van der Waals surface area contributed by atoms with Crippen molar-refractivity contribution in [2.75, 3.05) is 0 Å². The number of ether oxygens (including phenoxy) is 1. The second kappa shape index (κ2) is 6.45. The lowest BCUT2D eigenvalue weighted by molar-refractivity contribution is -0.386. The van der Waals surface area contributed by atoms with Crippen molar-refractivity contribution in [3.05, 3.63) is 76.2 Å². The molecule has 0 radical (unpaired) electrons. The number of halogens is 2.